The monoisotopic (exact) mass is 522 g/mol. The van der Waals surface area contributed by atoms with Crippen LogP contribution >= 0.6 is 34.8 Å². The smallest absolute Gasteiger partial charge is 0.185 e. The van der Waals surface area contributed by atoms with Gasteiger partial charge in [0.1, 0.15) is 30.8 Å². The number of hydrogen-bond acceptors (Lipinski definition) is 6. The van der Waals surface area contributed by atoms with E-state index in [0.717, 1.165) is 17.4 Å². The van der Waals surface area contributed by atoms with Crippen molar-refractivity contribution in [2.75, 3.05) is 31.1 Å². The lowest BCUT2D eigenvalue weighted by atomic mass is 9.78. The summed E-state index contributed by atoms with van der Waals surface area (Å²) in [4.78, 5) is 11.7. The summed E-state index contributed by atoms with van der Waals surface area (Å²) in [6, 6.07) is 10.6. The molecule has 0 saturated carbocycles. The van der Waals surface area contributed by atoms with Crippen LogP contribution in [0.2, 0.25) is 10.0 Å². The van der Waals surface area contributed by atoms with E-state index >= 15 is 0 Å². The number of Topliss-reactive ketones (excluding diaryl/α,β-unsaturated/α-hetero) is 1. The Morgan fingerprint density at radius 1 is 1.06 bits per heavy atom. The number of aliphatic hydroxyl groups is 1. The Hall–Kier alpha value is -1.51. The summed E-state index contributed by atoms with van der Waals surface area (Å²) in [6.07, 6.45) is 0.171. The van der Waals surface area contributed by atoms with E-state index in [1.165, 1.54) is 0 Å². The predicted octanol–water partition coefficient (Wildman–Crippen LogP) is 4.29. The standard InChI is InChI=1S/C22H25Cl3O6S/c1-22(2,15-8-19(24)21(20(25)9-15)31-11-16(26)10-23)14-4-6-18(7-5-14)30-12-17(27)13-32(3,28)29/h4-9,16,26H,10-13H2,1-3H3/t16-/m1/s1. The van der Waals surface area contributed by atoms with Gasteiger partial charge in [-0.3, -0.25) is 4.79 Å². The van der Waals surface area contributed by atoms with Crippen LogP contribution in [0.1, 0.15) is 25.0 Å². The molecule has 2 aromatic rings. The Balaban J connectivity index is 2.15. The van der Waals surface area contributed by atoms with Gasteiger partial charge in [0.05, 0.1) is 15.9 Å². The predicted molar refractivity (Wildman–Crippen MR) is 127 cm³/mol. The largest absolute Gasteiger partial charge is 0.488 e. The van der Waals surface area contributed by atoms with Crippen LogP contribution < -0.4 is 9.47 Å². The highest BCUT2D eigenvalue weighted by atomic mass is 35.5. The zero-order chi connectivity index (χ0) is 24.1. The summed E-state index contributed by atoms with van der Waals surface area (Å²) in [5.41, 5.74) is 1.30. The summed E-state index contributed by atoms with van der Waals surface area (Å²) >= 11 is 18.3. The molecule has 0 saturated heterocycles. The van der Waals surface area contributed by atoms with Gasteiger partial charge in [-0.1, -0.05) is 49.2 Å². The first-order valence-electron chi connectivity index (χ1n) is 9.62. The summed E-state index contributed by atoms with van der Waals surface area (Å²) in [7, 11) is -3.38. The van der Waals surface area contributed by atoms with Gasteiger partial charge < -0.3 is 14.6 Å². The van der Waals surface area contributed by atoms with Gasteiger partial charge >= 0.3 is 0 Å². The lowest BCUT2D eigenvalue weighted by Crippen LogP contribution is -2.21. The molecule has 2 rings (SSSR count). The minimum atomic E-state index is -3.38. The fraction of sp³-hybridized carbons (Fsp3) is 0.409. The zero-order valence-electron chi connectivity index (χ0n) is 17.9. The number of aliphatic hydroxyl groups excluding tert-OH is 1. The highest BCUT2D eigenvalue weighted by Crippen LogP contribution is 2.40. The first kappa shape index (κ1) is 26.7. The fourth-order valence-electron chi connectivity index (χ4n) is 2.92. The quantitative estimate of drug-likeness (QED) is 0.442. The SMILES string of the molecule is CC(C)(c1ccc(OCC(=O)CS(C)(=O)=O)cc1)c1cc(Cl)c(OC[C@H](O)CCl)c(Cl)c1. The van der Waals surface area contributed by atoms with Crippen LogP contribution in [-0.4, -0.2) is 56.5 Å². The van der Waals surface area contributed by atoms with E-state index < -0.39 is 32.9 Å². The maximum absolute atomic E-state index is 11.7. The fourth-order valence-corrected chi connectivity index (χ4v) is 4.27. The molecule has 0 heterocycles. The van der Waals surface area contributed by atoms with Crippen molar-refractivity contribution in [2.45, 2.75) is 25.4 Å². The number of ether oxygens (including phenoxy) is 2. The van der Waals surface area contributed by atoms with Crippen molar-refractivity contribution in [1.82, 2.24) is 0 Å². The number of carbonyl (C=O) groups excluding carboxylic acids is 1. The van der Waals surface area contributed by atoms with E-state index in [1.807, 2.05) is 26.0 Å². The van der Waals surface area contributed by atoms with Crippen molar-refractivity contribution < 1.29 is 27.8 Å². The molecule has 0 bridgehead atoms. The molecule has 0 aliphatic rings. The van der Waals surface area contributed by atoms with E-state index in [4.69, 9.17) is 44.3 Å². The minimum absolute atomic E-state index is 0.0279. The second-order valence-corrected chi connectivity index (χ2v) is 11.2. The molecule has 0 aliphatic heterocycles. The molecular formula is C22H25Cl3O6S. The molecule has 10 heteroatoms. The molecule has 0 aliphatic carbocycles. The average molecular weight is 524 g/mol. The lowest BCUT2D eigenvalue weighted by molar-refractivity contribution is -0.118. The molecule has 0 radical (unpaired) electrons. The Bertz CT molecular complexity index is 1030. The van der Waals surface area contributed by atoms with Crippen LogP contribution in [0.15, 0.2) is 36.4 Å². The number of benzene rings is 2. The number of carbonyl (C=O) groups is 1. The van der Waals surface area contributed by atoms with Crippen molar-refractivity contribution >= 4 is 50.4 Å². The van der Waals surface area contributed by atoms with Crippen molar-refractivity contribution in [3.63, 3.8) is 0 Å². The van der Waals surface area contributed by atoms with Crippen molar-refractivity contribution in [3.8, 4) is 11.5 Å². The molecule has 0 fully saturated rings. The second-order valence-electron chi connectivity index (χ2n) is 7.93. The maximum atomic E-state index is 11.7. The van der Waals surface area contributed by atoms with E-state index in [9.17, 15) is 18.3 Å². The van der Waals surface area contributed by atoms with E-state index in [2.05, 4.69) is 0 Å². The molecular weight excluding hydrogens is 499 g/mol. The number of alkyl halides is 1. The van der Waals surface area contributed by atoms with Gasteiger partial charge in [0.25, 0.3) is 0 Å². The Morgan fingerprint density at radius 2 is 1.62 bits per heavy atom. The van der Waals surface area contributed by atoms with Crippen molar-refractivity contribution in [1.29, 1.82) is 0 Å². The van der Waals surface area contributed by atoms with Gasteiger partial charge in [-0.15, -0.1) is 11.6 Å². The highest BCUT2D eigenvalue weighted by Gasteiger charge is 2.26. The molecule has 176 valence electrons. The Kier molecular flexibility index (Phi) is 9.25. The van der Waals surface area contributed by atoms with Gasteiger partial charge in [-0.25, -0.2) is 8.42 Å². The molecule has 0 spiro atoms. The van der Waals surface area contributed by atoms with E-state index in [-0.39, 0.29) is 24.8 Å². The molecule has 1 atom stereocenters. The first-order valence-corrected chi connectivity index (χ1v) is 13.0. The molecule has 1 N–H and O–H groups in total. The second kappa shape index (κ2) is 11.1. The van der Waals surface area contributed by atoms with Crippen LogP contribution in [0.3, 0.4) is 0 Å². The van der Waals surface area contributed by atoms with E-state index in [1.54, 1.807) is 24.3 Å². The van der Waals surface area contributed by atoms with Crippen LogP contribution in [-0.2, 0) is 20.0 Å². The van der Waals surface area contributed by atoms with Crippen molar-refractivity contribution in [2.24, 2.45) is 0 Å². The molecule has 0 unspecified atom stereocenters. The van der Waals surface area contributed by atoms with Gasteiger partial charge in [-0.2, -0.15) is 0 Å². The van der Waals surface area contributed by atoms with Crippen LogP contribution in [0.4, 0.5) is 0 Å². The molecule has 6 nitrogen and oxygen atoms in total. The number of rotatable bonds is 11. The highest BCUT2D eigenvalue weighted by molar-refractivity contribution is 7.91. The summed E-state index contributed by atoms with van der Waals surface area (Å²) < 4.78 is 33.2. The third kappa shape index (κ3) is 7.52. The summed E-state index contributed by atoms with van der Waals surface area (Å²) in [5.74, 6) is -0.304. The molecule has 2 aromatic carbocycles. The zero-order valence-corrected chi connectivity index (χ0v) is 21.0. The van der Waals surface area contributed by atoms with Gasteiger partial charge in [-0.05, 0) is 35.4 Å². The third-order valence-corrected chi connectivity index (χ3v) is 6.48. The number of halogens is 3. The van der Waals surface area contributed by atoms with Gasteiger partial charge in [0, 0.05) is 11.7 Å². The molecule has 0 amide bonds. The normalized spacial score (nSPS) is 13.0. The number of hydrogen-bond donors (Lipinski definition) is 1. The van der Waals surface area contributed by atoms with Gasteiger partial charge in [0.15, 0.2) is 21.4 Å². The Labute approximate surface area is 203 Å². The maximum Gasteiger partial charge on any atom is 0.185 e. The third-order valence-electron chi connectivity index (χ3n) is 4.72. The van der Waals surface area contributed by atoms with Crippen LogP contribution in [0.5, 0.6) is 11.5 Å². The minimum Gasteiger partial charge on any atom is -0.488 e. The molecule has 32 heavy (non-hydrogen) atoms. The summed E-state index contributed by atoms with van der Waals surface area (Å²) in [6.45, 7) is 3.65. The molecule has 0 aromatic heterocycles. The number of sulfone groups is 1. The Morgan fingerprint density at radius 3 is 2.12 bits per heavy atom. The average Bonchev–Trinajstić information content (AvgIpc) is 2.70. The van der Waals surface area contributed by atoms with Crippen LogP contribution in [0, 0.1) is 0 Å². The summed E-state index contributed by atoms with van der Waals surface area (Å²) in [5, 5.41) is 10.2. The van der Waals surface area contributed by atoms with Crippen molar-refractivity contribution in [3.05, 3.63) is 57.6 Å². The van der Waals surface area contributed by atoms with E-state index in [0.29, 0.717) is 15.8 Å². The number of ketones is 1. The lowest BCUT2D eigenvalue weighted by Gasteiger charge is -2.27. The van der Waals surface area contributed by atoms with Gasteiger partial charge in [0.2, 0.25) is 0 Å². The first-order chi connectivity index (χ1) is 14.8. The topological polar surface area (TPSA) is 89.9 Å². The van der Waals surface area contributed by atoms with Crippen LogP contribution in [0.25, 0.3) is 0 Å².